The average Bonchev–Trinajstić information content (AvgIpc) is 2.31. The predicted molar refractivity (Wildman–Crippen MR) is 55.5 cm³/mol. The number of carboxylic acid groups (broad SMARTS) is 1. The third-order valence-corrected chi connectivity index (χ3v) is 1.87. The van der Waals surface area contributed by atoms with Gasteiger partial charge in [-0.1, -0.05) is 12.1 Å². The number of aromatic nitrogens is 2. The van der Waals surface area contributed by atoms with Crippen LogP contribution in [0.25, 0.3) is 0 Å². The molecule has 1 N–H and O–H groups in total. The lowest BCUT2D eigenvalue weighted by Crippen LogP contribution is -2.00. The van der Waals surface area contributed by atoms with Crippen LogP contribution in [0.4, 0.5) is 0 Å². The van der Waals surface area contributed by atoms with E-state index in [1.54, 1.807) is 18.2 Å². The zero-order valence-corrected chi connectivity index (χ0v) is 8.20. The molecule has 0 radical (unpaired) electrons. The highest BCUT2D eigenvalue weighted by atomic mass is 16.5. The first-order valence-corrected chi connectivity index (χ1v) is 4.53. The van der Waals surface area contributed by atoms with Gasteiger partial charge in [0.05, 0.1) is 6.20 Å². The lowest BCUT2D eigenvalue weighted by atomic mass is 10.2. The summed E-state index contributed by atoms with van der Waals surface area (Å²) in [7, 11) is 0. The highest BCUT2D eigenvalue weighted by molar-refractivity contribution is 5.90. The summed E-state index contributed by atoms with van der Waals surface area (Å²) in [6.45, 7) is 0. The maximum Gasteiger partial charge on any atom is 0.339 e. The minimum absolute atomic E-state index is 0.0909. The molecule has 0 aliphatic rings. The van der Waals surface area contributed by atoms with Crippen molar-refractivity contribution >= 4 is 5.97 Å². The van der Waals surface area contributed by atoms with Gasteiger partial charge in [0.25, 0.3) is 0 Å². The molecule has 2 rings (SSSR count). The first kappa shape index (κ1) is 10.1. The second-order valence-corrected chi connectivity index (χ2v) is 2.95. The van der Waals surface area contributed by atoms with Crippen LogP contribution in [-0.2, 0) is 0 Å². The molecule has 0 unspecified atom stereocenters. The molecule has 1 heterocycles. The molecule has 0 aliphatic carbocycles. The molecule has 1 aromatic carbocycles. The van der Waals surface area contributed by atoms with E-state index >= 15 is 0 Å². The number of carboxylic acids is 1. The lowest BCUT2D eigenvalue weighted by molar-refractivity contribution is 0.0694. The Morgan fingerprint density at radius 2 is 2.06 bits per heavy atom. The molecule has 1 aromatic heterocycles. The van der Waals surface area contributed by atoms with Crippen LogP contribution < -0.4 is 4.74 Å². The zero-order valence-electron chi connectivity index (χ0n) is 8.20. The fraction of sp³-hybridized carbons (Fsp3) is 0. The first-order chi connectivity index (χ1) is 7.77. The minimum atomic E-state index is -1.04. The van der Waals surface area contributed by atoms with Gasteiger partial charge in [0.2, 0.25) is 5.88 Å². The number of para-hydroxylation sites is 1. The van der Waals surface area contributed by atoms with Gasteiger partial charge in [-0.3, -0.25) is 4.98 Å². The number of hydrogen-bond acceptors (Lipinski definition) is 4. The largest absolute Gasteiger partial charge is 0.478 e. The molecular formula is C11H8N2O3. The van der Waals surface area contributed by atoms with Gasteiger partial charge >= 0.3 is 5.97 Å². The predicted octanol–water partition coefficient (Wildman–Crippen LogP) is 1.97. The van der Waals surface area contributed by atoms with Gasteiger partial charge < -0.3 is 9.84 Å². The highest BCUT2D eigenvalue weighted by Crippen LogP contribution is 2.22. The summed E-state index contributed by atoms with van der Waals surface area (Å²) in [5, 5.41) is 8.93. The number of aromatic carboxylic acids is 1. The molecular weight excluding hydrogens is 208 g/mol. The molecule has 0 bridgehead atoms. The van der Waals surface area contributed by atoms with Crippen LogP contribution in [0.3, 0.4) is 0 Å². The Morgan fingerprint density at radius 3 is 2.75 bits per heavy atom. The van der Waals surface area contributed by atoms with Gasteiger partial charge in [0, 0.05) is 12.4 Å². The summed E-state index contributed by atoms with van der Waals surface area (Å²) in [6, 6.07) is 6.36. The van der Waals surface area contributed by atoms with Crippen LogP contribution in [0.2, 0.25) is 0 Å². The van der Waals surface area contributed by atoms with E-state index in [1.165, 1.54) is 24.7 Å². The Kier molecular flexibility index (Phi) is 2.77. The minimum Gasteiger partial charge on any atom is -0.478 e. The van der Waals surface area contributed by atoms with E-state index in [9.17, 15) is 4.79 Å². The molecule has 80 valence electrons. The molecule has 0 spiro atoms. The summed E-state index contributed by atoms with van der Waals surface area (Å²) in [6.07, 6.45) is 4.40. The van der Waals surface area contributed by atoms with E-state index in [0.29, 0.717) is 0 Å². The van der Waals surface area contributed by atoms with Crippen molar-refractivity contribution in [2.24, 2.45) is 0 Å². The monoisotopic (exact) mass is 216 g/mol. The number of nitrogens with zero attached hydrogens (tertiary/aromatic N) is 2. The number of rotatable bonds is 3. The van der Waals surface area contributed by atoms with E-state index < -0.39 is 5.97 Å². The molecule has 0 saturated carbocycles. The van der Waals surface area contributed by atoms with E-state index in [-0.39, 0.29) is 17.2 Å². The molecule has 5 nitrogen and oxygen atoms in total. The van der Waals surface area contributed by atoms with E-state index in [2.05, 4.69) is 9.97 Å². The number of hydrogen-bond donors (Lipinski definition) is 1. The molecule has 16 heavy (non-hydrogen) atoms. The molecule has 0 amide bonds. The number of benzene rings is 1. The summed E-state index contributed by atoms with van der Waals surface area (Å²) >= 11 is 0. The summed E-state index contributed by atoms with van der Waals surface area (Å²) in [4.78, 5) is 18.6. The van der Waals surface area contributed by atoms with Crippen LogP contribution in [0.15, 0.2) is 42.9 Å². The third-order valence-electron chi connectivity index (χ3n) is 1.87. The molecule has 5 heteroatoms. The Hall–Kier alpha value is -2.43. The van der Waals surface area contributed by atoms with E-state index in [0.717, 1.165) is 0 Å². The standard InChI is InChI=1S/C11H8N2O3/c14-11(15)8-3-1-2-4-9(8)16-10-7-12-5-6-13-10/h1-7H,(H,14,15). The van der Waals surface area contributed by atoms with Gasteiger partial charge in [-0.15, -0.1) is 0 Å². The molecule has 0 saturated heterocycles. The van der Waals surface area contributed by atoms with Gasteiger partial charge in [0.15, 0.2) is 0 Å². The fourth-order valence-electron chi connectivity index (χ4n) is 1.18. The SMILES string of the molecule is O=C(O)c1ccccc1Oc1cnccn1. The normalized spacial score (nSPS) is 9.75. The summed E-state index contributed by atoms with van der Waals surface area (Å²) in [5.74, 6) is -0.536. The maximum absolute atomic E-state index is 10.9. The first-order valence-electron chi connectivity index (χ1n) is 4.53. The highest BCUT2D eigenvalue weighted by Gasteiger charge is 2.10. The zero-order chi connectivity index (χ0) is 11.4. The quantitative estimate of drug-likeness (QED) is 0.849. The van der Waals surface area contributed by atoms with Gasteiger partial charge in [0.1, 0.15) is 11.3 Å². The van der Waals surface area contributed by atoms with E-state index in [4.69, 9.17) is 9.84 Å². The van der Waals surface area contributed by atoms with Crippen LogP contribution in [0.1, 0.15) is 10.4 Å². The second kappa shape index (κ2) is 4.39. The Bertz CT molecular complexity index is 500. The van der Waals surface area contributed by atoms with Crippen molar-refractivity contribution in [3.63, 3.8) is 0 Å². The van der Waals surface area contributed by atoms with Gasteiger partial charge in [-0.25, -0.2) is 9.78 Å². The molecule has 0 aliphatic heterocycles. The van der Waals surface area contributed by atoms with Crippen molar-refractivity contribution in [3.8, 4) is 11.6 Å². The van der Waals surface area contributed by atoms with Crippen LogP contribution in [0, 0.1) is 0 Å². The van der Waals surface area contributed by atoms with Crippen molar-refractivity contribution in [3.05, 3.63) is 48.4 Å². The van der Waals surface area contributed by atoms with Crippen LogP contribution in [0.5, 0.6) is 11.6 Å². The topological polar surface area (TPSA) is 72.3 Å². The van der Waals surface area contributed by atoms with Gasteiger partial charge in [-0.05, 0) is 12.1 Å². The Balaban J connectivity index is 2.31. The second-order valence-electron chi connectivity index (χ2n) is 2.95. The van der Waals surface area contributed by atoms with Crippen LogP contribution in [-0.4, -0.2) is 21.0 Å². The number of carbonyl (C=O) groups is 1. The Labute approximate surface area is 91.4 Å². The average molecular weight is 216 g/mol. The number of ether oxygens (including phenoxy) is 1. The van der Waals surface area contributed by atoms with Crippen LogP contribution >= 0.6 is 0 Å². The van der Waals surface area contributed by atoms with Crippen molar-refractivity contribution in [1.82, 2.24) is 9.97 Å². The maximum atomic E-state index is 10.9. The summed E-state index contributed by atoms with van der Waals surface area (Å²) < 4.78 is 5.32. The van der Waals surface area contributed by atoms with Gasteiger partial charge in [-0.2, -0.15) is 0 Å². The smallest absolute Gasteiger partial charge is 0.339 e. The van der Waals surface area contributed by atoms with Crippen molar-refractivity contribution in [2.75, 3.05) is 0 Å². The van der Waals surface area contributed by atoms with Crippen molar-refractivity contribution in [1.29, 1.82) is 0 Å². The molecule has 2 aromatic rings. The third kappa shape index (κ3) is 2.14. The molecule has 0 fully saturated rings. The molecule has 0 atom stereocenters. The lowest BCUT2D eigenvalue weighted by Gasteiger charge is -2.06. The van der Waals surface area contributed by atoms with Crippen molar-refractivity contribution in [2.45, 2.75) is 0 Å². The van der Waals surface area contributed by atoms with Crippen molar-refractivity contribution < 1.29 is 14.6 Å². The Morgan fingerprint density at radius 1 is 1.25 bits per heavy atom. The van der Waals surface area contributed by atoms with E-state index in [1.807, 2.05) is 0 Å². The fourth-order valence-corrected chi connectivity index (χ4v) is 1.18. The summed E-state index contributed by atoms with van der Waals surface area (Å²) in [5.41, 5.74) is 0.0909.